The first-order chi connectivity index (χ1) is 14.5. The zero-order valence-electron chi connectivity index (χ0n) is 15.6. The van der Waals surface area contributed by atoms with E-state index in [4.69, 9.17) is 27.9 Å². The molecule has 0 saturated carbocycles. The maximum absolute atomic E-state index is 11.9. The van der Waals surface area contributed by atoms with Gasteiger partial charge < -0.3 is 10.1 Å². The van der Waals surface area contributed by atoms with Crippen LogP contribution in [0.5, 0.6) is 5.75 Å². The molecule has 0 saturated heterocycles. The van der Waals surface area contributed by atoms with E-state index in [-0.39, 0.29) is 0 Å². The molecule has 3 aromatic rings. The van der Waals surface area contributed by atoms with E-state index in [9.17, 15) is 9.59 Å². The molecule has 0 atom stereocenters. The number of hydrogen-bond acceptors (Lipinski definition) is 4. The molecule has 0 heterocycles. The molecule has 0 bridgehead atoms. The number of hydrazone groups is 1. The third kappa shape index (κ3) is 6.34. The number of amides is 2. The van der Waals surface area contributed by atoms with Gasteiger partial charge in [0.2, 0.25) is 0 Å². The summed E-state index contributed by atoms with van der Waals surface area (Å²) >= 11 is 11.7. The Balaban J connectivity index is 1.56. The van der Waals surface area contributed by atoms with Gasteiger partial charge in [0.05, 0.1) is 6.21 Å². The Bertz CT molecular complexity index is 1050. The molecular weight excluding hydrogens is 425 g/mol. The fraction of sp³-hybridized carbons (Fsp3) is 0.0455. The minimum Gasteiger partial charge on any atom is -0.488 e. The highest BCUT2D eigenvalue weighted by Gasteiger charge is 2.12. The molecular formula is C22H17Cl2N3O3. The summed E-state index contributed by atoms with van der Waals surface area (Å²) in [5.74, 6) is -1.17. The number of hydrogen-bond donors (Lipinski definition) is 2. The third-order valence-electron chi connectivity index (χ3n) is 3.90. The molecule has 0 fully saturated rings. The smallest absolute Gasteiger partial charge is 0.329 e. The molecule has 8 heteroatoms. The van der Waals surface area contributed by atoms with Crippen molar-refractivity contribution in [2.24, 2.45) is 5.10 Å². The van der Waals surface area contributed by atoms with Gasteiger partial charge in [-0.1, -0.05) is 47.5 Å². The van der Waals surface area contributed by atoms with Crippen molar-refractivity contribution in [1.29, 1.82) is 0 Å². The first kappa shape index (κ1) is 21.4. The topological polar surface area (TPSA) is 79.8 Å². The van der Waals surface area contributed by atoms with E-state index < -0.39 is 11.8 Å². The second-order valence-electron chi connectivity index (χ2n) is 6.11. The summed E-state index contributed by atoms with van der Waals surface area (Å²) in [6.07, 6.45) is 1.41. The first-order valence-electron chi connectivity index (χ1n) is 8.87. The number of para-hydroxylation sites is 1. The van der Waals surface area contributed by atoms with Crippen LogP contribution in [-0.2, 0) is 16.2 Å². The molecule has 0 spiro atoms. The molecule has 3 rings (SSSR count). The van der Waals surface area contributed by atoms with Crippen molar-refractivity contribution in [1.82, 2.24) is 5.43 Å². The van der Waals surface area contributed by atoms with Crippen molar-refractivity contribution in [2.75, 3.05) is 5.32 Å². The summed E-state index contributed by atoms with van der Waals surface area (Å²) in [5.41, 5.74) is 4.24. The number of anilines is 1. The van der Waals surface area contributed by atoms with Gasteiger partial charge in [-0.05, 0) is 54.1 Å². The Hall–Kier alpha value is -3.35. The predicted molar refractivity (Wildman–Crippen MR) is 118 cm³/mol. The fourth-order valence-electron chi connectivity index (χ4n) is 2.39. The van der Waals surface area contributed by atoms with Gasteiger partial charge in [0.1, 0.15) is 12.4 Å². The minimum atomic E-state index is -0.902. The van der Waals surface area contributed by atoms with Crippen LogP contribution in [0.25, 0.3) is 0 Å². The van der Waals surface area contributed by atoms with Gasteiger partial charge >= 0.3 is 11.8 Å². The summed E-state index contributed by atoms with van der Waals surface area (Å²) in [5, 5.41) is 7.48. The lowest BCUT2D eigenvalue weighted by atomic mass is 10.2. The Morgan fingerprint density at radius 3 is 2.20 bits per heavy atom. The van der Waals surface area contributed by atoms with E-state index in [0.717, 1.165) is 5.56 Å². The molecule has 0 aliphatic heterocycles. The van der Waals surface area contributed by atoms with Gasteiger partial charge in [-0.3, -0.25) is 9.59 Å². The van der Waals surface area contributed by atoms with Crippen molar-refractivity contribution in [3.05, 3.63) is 94.0 Å². The number of halogens is 2. The minimum absolute atomic E-state index is 0.345. The lowest BCUT2D eigenvalue weighted by Crippen LogP contribution is -2.32. The summed E-state index contributed by atoms with van der Waals surface area (Å²) in [6.45, 7) is 0.345. The van der Waals surface area contributed by atoms with Gasteiger partial charge in [0, 0.05) is 21.3 Å². The van der Waals surface area contributed by atoms with E-state index in [1.54, 1.807) is 48.5 Å². The Morgan fingerprint density at radius 2 is 1.50 bits per heavy atom. The molecule has 0 aliphatic rings. The van der Waals surface area contributed by atoms with Gasteiger partial charge in [-0.25, -0.2) is 5.43 Å². The van der Waals surface area contributed by atoms with Crippen LogP contribution in [-0.4, -0.2) is 18.0 Å². The highest BCUT2D eigenvalue weighted by molar-refractivity contribution is 6.39. The predicted octanol–water partition coefficient (Wildman–Crippen LogP) is 4.66. The van der Waals surface area contributed by atoms with Crippen molar-refractivity contribution in [3.63, 3.8) is 0 Å². The van der Waals surface area contributed by atoms with Crippen LogP contribution in [0.4, 0.5) is 5.69 Å². The quantitative estimate of drug-likeness (QED) is 0.331. The second-order valence-corrected chi connectivity index (χ2v) is 6.99. The van der Waals surface area contributed by atoms with Crippen LogP contribution < -0.4 is 15.5 Å². The zero-order valence-corrected chi connectivity index (χ0v) is 17.2. The molecule has 2 amide bonds. The Labute approximate surface area is 183 Å². The third-order valence-corrected chi connectivity index (χ3v) is 4.41. The molecule has 0 aromatic heterocycles. The molecule has 0 radical (unpaired) electrons. The van der Waals surface area contributed by atoms with E-state index in [1.165, 1.54) is 6.21 Å². The summed E-state index contributed by atoms with van der Waals surface area (Å²) in [6, 6.07) is 20.9. The van der Waals surface area contributed by atoms with Crippen LogP contribution in [0.15, 0.2) is 77.9 Å². The standard InChI is InChI=1S/C22H17Cl2N3O3/c23-17-7-5-15(6-8-17)14-30-20-4-2-1-3-16(20)13-25-27-22(29)21(28)26-19-11-9-18(24)10-12-19/h1-13H,14H2,(H,26,28)(H,27,29)/b25-13+. The number of carbonyl (C=O) groups excluding carboxylic acids is 2. The van der Waals surface area contributed by atoms with E-state index in [0.29, 0.717) is 33.7 Å². The van der Waals surface area contributed by atoms with Crippen LogP contribution >= 0.6 is 23.2 Å². The first-order valence-corrected chi connectivity index (χ1v) is 9.63. The normalized spacial score (nSPS) is 10.6. The summed E-state index contributed by atoms with van der Waals surface area (Å²) < 4.78 is 5.82. The molecule has 152 valence electrons. The number of benzene rings is 3. The number of carbonyl (C=O) groups is 2. The Kier molecular flexibility index (Phi) is 7.43. The van der Waals surface area contributed by atoms with Crippen LogP contribution in [0, 0.1) is 0 Å². The lowest BCUT2D eigenvalue weighted by Gasteiger charge is -2.09. The SMILES string of the molecule is O=C(N/N=C/c1ccccc1OCc1ccc(Cl)cc1)C(=O)Nc1ccc(Cl)cc1. The van der Waals surface area contributed by atoms with Crippen LogP contribution in [0.3, 0.4) is 0 Å². The van der Waals surface area contributed by atoms with Crippen LogP contribution in [0.1, 0.15) is 11.1 Å². The fourth-order valence-corrected chi connectivity index (χ4v) is 2.64. The lowest BCUT2D eigenvalue weighted by molar-refractivity contribution is -0.136. The largest absolute Gasteiger partial charge is 0.488 e. The highest BCUT2D eigenvalue weighted by Crippen LogP contribution is 2.18. The summed E-state index contributed by atoms with van der Waals surface area (Å²) in [7, 11) is 0. The van der Waals surface area contributed by atoms with Crippen molar-refractivity contribution in [2.45, 2.75) is 6.61 Å². The number of rotatable bonds is 6. The molecule has 30 heavy (non-hydrogen) atoms. The van der Waals surface area contributed by atoms with Gasteiger partial charge in [-0.15, -0.1) is 0 Å². The number of ether oxygens (including phenoxy) is 1. The maximum Gasteiger partial charge on any atom is 0.329 e. The van der Waals surface area contributed by atoms with E-state index in [1.807, 2.05) is 24.3 Å². The number of nitrogens with zero attached hydrogens (tertiary/aromatic N) is 1. The van der Waals surface area contributed by atoms with Gasteiger partial charge in [0.25, 0.3) is 0 Å². The van der Waals surface area contributed by atoms with Crippen LogP contribution in [0.2, 0.25) is 10.0 Å². The molecule has 6 nitrogen and oxygen atoms in total. The molecule has 3 aromatic carbocycles. The maximum atomic E-state index is 11.9. The average molecular weight is 442 g/mol. The highest BCUT2D eigenvalue weighted by atomic mass is 35.5. The summed E-state index contributed by atoms with van der Waals surface area (Å²) in [4.78, 5) is 23.8. The molecule has 2 N–H and O–H groups in total. The van der Waals surface area contributed by atoms with Crippen molar-refractivity contribution >= 4 is 46.9 Å². The molecule has 0 unspecified atom stereocenters. The van der Waals surface area contributed by atoms with Gasteiger partial charge in [-0.2, -0.15) is 5.10 Å². The number of nitrogens with one attached hydrogen (secondary N) is 2. The zero-order chi connectivity index (χ0) is 21.3. The Morgan fingerprint density at radius 1 is 0.867 bits per heavy atom. The molecule has 0 aliphatic carbocycles. The van der Waals surface area contributed by atoms with E-state index in [2.05, 4.69) is 15.8 Å². The van der Waals surface area contributed by atoms with Crippen molar-refractivity contribution in [3.8, 4) is 5.75 Å². The monoisotopic (exact) mass is 441 g/mol. The van der Waals surface area contributed by atoms with E-state index >= 15 is 0 Å². The second kappa shape index (κ2) is 10.4. The average Bonchev–Trinajstić information content (AvgIpc) is 2.75. The van der Waals surface area contributed by atoms with Crippen molar-refractivity contribution < 1.29 is 14.3 Å². The van der Waals surface area contributed by atoms with Gasteiger partial charge in [0.15, 0.2) is 0 Å².